The molecule has 1 heterocycles. The summed E-state index contributed by atoms with van der Waals surface area (Å²) in [5.41, 5.74) is 5.68. The van der Waals surface area contributed by atoms with Gasteiger partial charge in [0.15, 0.2) is 0 Å². The summed E-state index contributed by atoms with van der Waals surface area (Å²) in [6.07, 6.45) is 1.86. The largest absolute Gasteiger partial charge is 0.378 e. The minimum atomic E-state index is -0.101. The van der Waals surface area contributed by atoms with Gasteiger partial charge in [-0.25, -0.2) is 4.98 Å². The Morgan fingerprint density at radius 1 is 1.06 bits per heavy atom. The molecule has 4 aromatic rings. The van der Waals surface area contributed by atoms with E-state index in [2.05, 4.69) is 33.8 Å². The number of nitrogens with zero attached hydrogens (tertiary/aromatic N) is 3. The zero-order valence-corrected chi connectivity index (χ0v) is 20.1. The van der Waals surface area contributed by atoms with Crippen LogP contribution in [0.3, 0.4) is 0 Å². The fourth-order valence-corrected chi connectivity index (χ4v) is 4.09. The predicted molar refractivity (Wildman–Crippen MR) is 136 cm³/mol. The first-order valence-corrected chi connectivity index (χ1v) is 11.6. The Labute approximate surface area is 200 Å². The molecule has 0 spiro atoms. The van der Waals surface area contributed by atoms with Gasteiger partial charge < -0.3 is 14.8 Å². The number of carbonyl (C=O) groups excluding carboxylic acids is 1. The molecule has 5 nitrogen and oxygen atoms in total. The van der Waals surface area contributed by atoms with Crippen LogP contribution >= 0.6 is 11.6 Å². The van der Waals surface area contributed by atoms with Crippen molar-refractivity contribution < 1.29 is 4.79 Å². The topological polar surface area (TPSA) is 50.2 Å². The molecule has 0 aliphatic heterocycles. The Kier molecular flexibility index (Phi) is 6.99. The molecule has 0 radical (unpaired) electrons. The van der Waals surface area contributed by atoms with E-state index in [1.807, 2.05) is 68.7 Å². The van der Waals surface area contributed by atoms with Crippen LogP contribution in [0.1, 0.15) is 40.7 Å². The number of aryl methyl sites for hydroxylation is 1. The third kappa shape index (κ3) is 5.20. The highest BCUT2D eigenvalue weighted by Crippen LogP contribution is 2.24. The number of halogens is 1. The second-order valence-corrected chi connectivity index (χ2v) is 8.81. The van der Waals surface area contributed by atoms with Crippen LogP contribution in [-0.2, 0) is 19.5 Å². The highest BCUT2D eigenvalue weighted by atomic mass is 35.5. The number of hydrogen-bond donors (Lipinski definition) is 1. The summed E-state index contributed by atoms with van der Waals surface area (Å²) in [6.45, 7) is 3.24. The fraction of sp³-hybridized carbons (Fsp3) is 0.259. The second-order valence-electron chi connectivity index (χ2n) is 8.40. The number of aromatic nitrogens is 2. The highest BCUT2D eigenvalue weighted by molar-refractivity contribution is 6.31. The Morgan fingerprint density at radius 2 is 1.82 bits per heavy atom. The Hall–Kier alpha value is -3.31. The lowest BCUT2D eigenvalue weighted by molar-refractivity contribution is 0.0951. The average molecular weight is 461 g/mol. The zero-order chi connectivity index (χ0) is 23.4. The van der Waals surface area contributed by atoms with Gasteiger partial charge in [-0.1, -0.05) is 48.9 Å². The summed E-state index contributed by atoms with van der Waals surface area (Å²) < 4.78 is 2.18. The molecule has 0 fully saturated rings. The van der Waals surface area contributed by atoms with Crippen molar-refractivity contribution in [2.75, 3.05) is 19.0 Å². The number of benzene rings is 3. The van der Waals surface area contributed by atoms with Crippen LogP contribution in [0.4, 0.5) is 5.69 Å². The van der Waals surface area contributed by atoms with Crippen LogP contribution in [0.5, 0.6) is 0 Å². The summed E-state index contributed by atoms with van der Waals surface area (Å²) in [6, 6.07) is 21.7. The molecule has 1 aromatic heterocycles. The number of hydrogen-bond acceptors (Lipinski definition) is 3. The van der Waals surface area contributed by atoms with Gasteiger partial charge in [0.2, 0.25) is 0 Å². The summed E-state index contributed by atoms with van der Waals surface area (Å²) in [7, 11) is 4.02. The average Bonchev–Trinajstić information content (AvgIpc) is 3.15. The molecule has 6 heteroatoms. The monoisotopic (exact) mass is 460 g/mol. The molecular weight excluding hydrogens is 432 g/mol. The number of nitrogens with one attached hydrogen (secondary N) is 1. The molecular formula is C27H29ClN4O. The molecule has 0 aliphatic rings. The fourth-order valence-electron chi connectivity index (χ4n) is 3.90. The Morgan fingerprint density at radius 3 is 2.52 bits per heavy atom. The van der Waals surface area contributed by atoms with Crippen LogP contribution < -0.4 is 10.2 Å². The summed E-state index contributed by atoms with van der Waals surface area (Å²) in [5.74, 6) is 0.905. The number of anilines is 1. The third-order valence-electron chi connectivity index (χ3n) is 5.76. The number of imidazole rings is 1. The van der Waals surface area contributed by atoms with Crippen LogP contribution in [0.2, 0.25) is 5.02 Å². The maximum atomic E-state index is 12.9. The molecule has 0 aliphatic carbocycles. The standard InChI is InChI=1S/C27H29ClN4O/c1-4-7-26-30-24-15-12-20(16-25(24)32(26)18-21-8-5-6-9-23(21)28)27(33)29-17-19-10-13-22(14-11-19)31(2)3/h5-6,8-16H,4,7,17-18H2,1-3H3,(H,29,33). The Balaban J connectivity index is 1.58. The van der Waals surface area contributed by atoms with E-state index in [1.165, 1.54) is 0 Å². The molecule has 170 valence electrons. The first-order valence-electron chi connectivity index (χ1n) is 11.2. The van der Waals surface area contributed by atoms with Crippen LogP contribution in [0.25, 0.3) is 11.0 Å². The molecule has 0 saturated heterocycles. The van der Waals surface area contributed by atoms with Gasteiger partial charge in [0.05, 0.1) is 17.6 Å². The minimum absolute atomic E-state index is 0.101. The first kappa shape index (κ1) is 22.9. The molecule has 0 saturated carbocycles. The van der Waals surface area contributed by atoms with Crippen molar-refractivity contribution >= 4 is 34.2 Å². The lowest BCUT2D eigenvalue weighted by Crippen LogP contribution is -2.22. The lowest BCUT2D eigenvalue weighted by Gasteiger charge is -2.13. The van der Waals surface area contributed by atoms with E-state index in [0.29, 0.717) is 18.7 Å². The van der Waals surface area contributed by atoms with E-state index in [1.54, 1.807) is 0 Å². The number of amides is 1. The summed E-state index contributed by atoms with van der Waals surface area (Å²) in [5, 5.41) is 3.77. The van der Waals surface area contributed by atoms with Gasteiger partial charge in [0.1, 0.15) is 5.82 Å². The van der Waals surface area contributed by atoms with Crippen LogP contribution in [0.15, 0.2) is 66.7 Å². The SMILES string of the molecule is CCCc1nc2ccc(C(=O)NCc3ccc(N(C)C)cc3)cc2n1Cc1ccccc1Cl. The maximum Gasteiger partial charge on any atom is 0.251 e. The molecule has 1 N–H and O–H groups in total. The summed E-state index contributed by atoms with van der Waals surface area (Å²) >= 11 is 6.43. The van der Waals surface area contributed by atoms with E-state index in [9.17, 15) is 4.79 Å². The van der Waals surface area contributed by atoms with Gasteiger partial charge in [-0.2, -0.15) is 0 Å². The van der Waals surface area contributed by atoms with Gasteiger partial charge in [-0.3, -0.25) is 4.79 Å². The van der Waals surface area contributed by atoms with Crippen molar-refractivity contribution in [1.29, 1.82) is 0 Å². The first-order chi connectivity index (χ1) is 16.0. The van der Waals surface area contributed by atoms with Gasteiger partial charge in [0.25, 0.3) is 5.91 Å². The molecule has 3 aromatic carbocycles. The van der Waals surface area contributed by atoms with Gasteiger partial charge in [-0.15, -0.1) is 0 Å². The van der Waals surface area contributed by atoms with Crippen molar-refractivity contribution in [2.24, 2.45) is 0 Å². The zero-order valence-electron chi connectivity index (χ0n) is 19.3. The lowest BCUT2D eigenvalue weighted by atomic mass is 10.1. The number of fused-ring (bicyclic) bond motifs is 1. The molecule has 0 unspecified atom stereocenters. The molecule has 33 heavy (non-hydrogen) atoms. The summed E-state index contributed by atoms with van der Waals surface area (Å²) in [4.78, 5) is 19.8. The van der Waals surface area contributed by atoms with Gasteiger partial charge >= 0.3 is 0 Å². The highest BCUT2D eigenvalue weighted by Gasteiger charge is 2.15. The Bertz CT molecular complexity index is 1260. The van der Waals surface area contributed by atoms with E-state index in [0.717, 1.165) is 51.5 Å². The van der Waals surface area contributed by atoms with Gasteiger partial charge in [0, 0.05) is 43.3 Å². The van der Waals surface area contributed by atoms with Crippen molar-refractivity contribution in [3.63, 3.8) is 0 Å². The van der Waals surface area contributed by atoms with E-state index in [-0.39, 0.29) is 5.91 Å². The van der Waals surface area contributed by atoms with Crippen LogP contribution in [-0.4, -0.2) is 29.6 Å². The number of carbonyl (C=O) groups is 1. The van der Waals surface area contributed by atoms with Crippen molar-refractivity contribution in [3.05, 3.63) is 94.3 Å². The van der Waals surface area contributed by atoms with Crippen molar-refractivity contribution in [1.82, 2.24) is 14.9 Å². The van der Waals surface area contributed by atoms with Crippen LogP contribution in [0, 0.1) is 0 Å². The number of rotatable bonds is 8. The molecule has 1 amide bonds. The maximum absolute atomic E-state index is 12.9. The van der Waals surface area contributed by atoms with E-state index < -0.39 is 0 Å². The molecule has 4 rings (SSSR count). The predicted octanol–water partition coefficient (Wildman–Crippen LogP) is 5.69. The third-order valence-corrected chi connectivity index (χ3v) is 6.12. The van der Waals surface area contributed by atoms with E-state index >= 15 is 0 Å². The van der Waals surface area contributed by atoms with Crippen molar-refractivity contribution in [2.45, 2.75) is 32.9 Å². The smallest absolute Gasteiger partial charge is 0.251 e. The van der Waals surface area contributed by atoms with Crippen molar-refractivity contribution in [3.8, 4) is 0 Å². The van der Waals surface area contributed by atoms with E-state index in [4.69, 9.17) is 16.6 Å². The second kappa shape index (κ2) is 10.1. The quantitative estimate of drug-likeness (QED) is 0.367. The normalized spacial score (nSPS) is 11.0. The molecule has 0 bridgehead atoms. The van der Waals surface area contributed by atoms with Gasteiger partial charge in [-0.05, 0) is 53.9 Å². The molecule has 0 atom stereocenters. The minimum Gasteiger partial charge on any atom is -0.378 e.